The summed E-state index contributed by atoms with van der Waals surface area (Å²) in [6, 6.07) is 5.16. The van der Waals surface area contributed by atoms with Gasteiger partial charge < -0.3 is 9.47 Å². The summed E-state index contributed by atoms with van der Waals surface area (Å²) in [5, 5.41) is -0.774. The van der Waals surface area contributed by atoms with Gasteiger partial charge in [-0.2, -0.15) is 0 Å². The van der Waals surface area contributed by atoms with E-state index in [9.17, 15) is 18.0 Å². The zero-order valence-electron chi connectivity index (χ0n) is 16.2. The van der Waals surface area contributed by atoms with E-state index >= 15 is 0 Å². The fourth-order valence-electron chi connectivity index (χ4n) is 3.15. The van der Waals surface area contributed by atoms with Gasteiger partial charge in [-0.3, -0.25) is 9.69 Å². The first-order valence-corrected chi connectivity index (χ1v) is 11.1. The molecule has 28 heavy (non-hydrogen) atoms. The molecule has 0 unspecified atom stereocenters. The number of carbonyl (C=O) groups is 2. The Labute approximate surface area is 168 Å². The standard InChI is InChI=1S/C18H22N2O6S2/c1-10-12(16(22)26-18(2,3)4)20-14(21)13(25-5)15(20)28(23,24)17(10)27-11-8-6-7-9-19-11/h6-9,13,15,17H,1-5H3/t13-,15+,17-/m0/s1. The highest BCUT2D eigenvalue weighted by Crippen LogP contribution is 2.46. The van der Waals surface area contributed by atoms with Crippen molar-refractivity contribution in [2.45, 2.75) is 54.4 Å². The average molecular weight is 427 g/mol. The Morgan fingerprint density at radius 1 is 1.29 bits per heavy atom. The highest BCUT2D eigenvalue weighted by Gasteiger charge is 2.63. The minimum atomic E-state index is -3.88. The molecule has 0 radical (unpaired) electrons. The molecule has 1 aromatic heterocycles. The fourth-order valence-corrected chi connectivity index (χ4v) is 7.05. The van der Waals surface area contributed by atoms with Crippen molar-refractivity contribution in [1.82, 2.24) is 9.88 Å². The normalized spacial score (nSPS) is 26.5. The predicted molar refractivity (Wildman–Crippen MR) is 103 cm³/mol. The molecular weight excluding hydrogens is 404 g/mol. The Hall–Kier alpha value is -1.91. The van der Waals surface area contributed by atoms with Crippen LogP contribution in [0, 0.1) is 0 Å². The van der Waals surface area contributed by atoms with Crippen LogP contribution in [0.2, 0.25) is 0 Å². The van der Waals surface area contributed by atoms with Gasteiger partial charge in [0.2, 0.25) is 0 Å². The molecule has 152 valence electrons. The maximum atomic E-state index is 13.2. The number of carbonyl (C=O) groups excluding carboxylic acids is 2. The minimum Gasteiger partial charge on any atom is -0.455 e. The molecule has 1 aromatic rings. The van der Waals surface area contributed by atoms with Crippen LogP contribution in [0.15, 0.2) is 40.7 Å². The summed E-state index contributed by atoms with van der Waals surface area (Å²) < 4.78 is 35.9. The number of nitrogens with zero attached hydrogens (tertiary/aromatic N) is 2. The van der Waals surface area contributed by atoms with E-state index in [2.05, 4.69) is 4.98 Å². The minimum absolute atomic E-state index is 0.0403. The van der Waals surface area contributed by atoms with Gasteiger partial charge in [0.25, 0.3) is 5.91 Å². The second-order valence-electron chi connectivity index (χ2n) is 7.50. The van der Waals surface area contributed by atoms with Crippen LogP contribution in [0.3, 0.4) is 0 Å². The van der Waals surface area contributed by atoms with E-state index in [0.29, 0.717) is 5.03 Å². The topological polar surface area (TPSA) is 103 Å². The molecule has 8 nitrogen and oxygen atoms in total. The summed E-state index contributed by atoms with van der Waals surface area (Å²) in [6.07, 6.45) is 0.408. The summed E-state index contributed by atoms with van der Waals surface area (Å²) >= 11 is 1.01. The summed E-state index contributed by atoms with van der Waals surface area (Å²) in [5.74, 6) is -1.31. The first-order valence-electron chi connectivity index (χ1n) is 8.59. The molecule has 1 fully saturated rings. The number of hydrogen-bond acceptors (Lipinski definition) is 8. The number of aromatic nitrogens is 1. The van der Waals surface area contributed by atoms with Crippen molar-refractivity contribution in [2.24, 2.45) is 0 Å². The van der Waals surface area contributed by atoms with Crippen LogP contribution in [0.25, 0.3) is 0 Å². The number of amides is 1. The van der Waals surface area contributed by atoms with Gasteiger partial charge in [0.05, 0.1) is 5.03 Å². The number of pyridine rings is 1. The van der Waals surface area contributed by atoms with Crippen molar-refractivity contribution in [3.63, 3.8) is 0 Å². The molecule has 1 saturated heterocycles. The van der Waals surface area contributed by atoms with E-state index in [-0.39, 0.29) is 11.3 Å². The quantitative estimate of drug-likeness (QED) is 0.530. The van der Waals surface area contributed by atoms with E-state index in [1.165, 1.54) is 14.0 Å². The fraction of sp³-hybridized carbons (Fsp3) is 0.500. The second-order valence-corrected chi connectivity index (χ2v) is 11.1. The van der Waals surface area contributed by atoms with Gasteiger partial charge in [0, 0.05) is 13.3 Å². The van der Waals surface area contributed by atoms with Crippen LogP contribution in [0.5, 0.6) is 0 Å². The molecule has 0 spiro atoms. The summed E-state index contributed by atoms with van der Waals surface area (Å²) in [5.41, 5.74) is -0.598. The summed E-state index contributed by atoms with van der Waals surface area (Å²) in [7, 11) is -2.61. The first kappa shape index (κ1) is 20.8. The monoisotopic (exact) mass is 426 g/mol. The van der Waals surface area contributed by atoms with Gasteiger partial charge in [-0.1, -0.05) is 17.8 Å². The van der Waals surface area contributed by atoms with Crippen LogP contribution in [-0.4, -0.2) is 58.9 Å². The lowest BCUT2D eigenvalue weighted by atomic mass is 10.1. The van der Waals surface area contributed by atoms with Gasteiger partial charge in [-0.15, -0.1) is 0 Å². The Kier molecular flexibility index (Phi) is 5.32. The van der Waals surface area contributed by atoms with Crippen molar-refractivity contribution >= 4 is 33.5 Å². The lowest BCUT2D eigenvalue weighted by Gasteiger charge is -2.50. The van der Waals surface area contributed by atoms with Crippen molar-refractivity contribution in [3.05, 3.63) is 35.7 Å². The molecule has 3 atom stereocenters. The molecule has 0 bridgehead atoms. The van der Waals surface area contributed by atoms with Crippen molar-refractivity contribution < 1.29 is 27.5 Å². The zero-order chi connectivity index (χ0) is 20.9. The summed E-state index contributed by atoms with van der Waals surface area (Å²) in [6.45, 7) is 6.64. The van der Waals surface area contributed by atoms with Crippen LogP contribution in [-0.2, 0) is 28.9 Å². The van der Waals surface area contributed by atoms with E-state index in [0.717, 1.165) is 16.7 Å². The Morgan fingerprint density at radius 2 is 1.96 bits per heavy atom. The molecule has 0 N–H and O–H groups in total. The third-order valence-electron chi connectivity index (χ3n) is 4.31. The molecule has 10 heteroatoms. The molecular formula is C18H22N2O6S2. The molecule has 2 aliphatic rings. The molecule has 3 rings (SSSR count). The Bertz CT molecular complexity index is 937. The summed E-state index contributed by atoms with van der Waals surface area (Å²) in [4.78, 5) is 30.5. The third-order valence-corrected chi connectivity index (χ3v) is 8.53. The maximum Gasteiger partial charge on any atom is 0.355 e. The van der Waals surface area contributed by atoms with Crippen LogP contribution < -0.4 is 0 Å². The number of hydrogen-bond donors (Lipinski definition) is 0. The van der Waals surface area contributed by atoms with Gasteiger partial charge in [0.1, 0.15) is 15.9 Å². The van der Waals surface area contributed by atoms with Crippen molar-refractivity contribution in [2.75, 3.05) is 7.11 Å². The van der Waals surface area contributed by atoms with Crippen LogP contribution in [0.1, 0.15) is 27.7 Å². The number of sulfone groups is 1. The first-order chi connectivity index (χ1) is 13.0. The van der Waals surface area contributed by atoms with Gasteiger partial charge in [0.15, 0.2) is 21.3 Å². The highest BCUT2D eigenvalue weighted by molar-refractivity contribution is 8.14. The van der Waals surface area contributed by atoms with Crippen LogP contribution >= 0.6 is 11.8 Å². The number of thioether (sulfide) groups is 1. The number of β-lactam (4-membered cyclic amide) rings is 1. The molecule has 3 heterocycles. The van der Waals surface area contributed by atoms with Gasteiger partial charge in [-0.05, 0) is 45.4 Å². The number of esters is 1. The van der Waals surface area contributed by atoms with Crippen molar-refractivity contribution in [1.29, 1.82) is 0 Å². The number of ether oxygens (including phenoxy) is 2. The average Bonchev–Trinajstić information content (AvgIpc) is 2.59. The van der Waals surface area contributed by atoms with Gasteiger partial charge in [-0.25, -0.2) is 18.2 Å². The maximum absolute atomic E-state index is 13.2. The Balaban J connectivity index is 2.10. The second kappa shape index (κ2) is 7.16. The number of fused-ring (bicyclic) bond motifs is 1. The SMILES string of the molecule is CO[C@H]1C(=O)N2C(C(=O)OC(C)(C)C)=C(C)[C@@H](Sc3ccccn3)S(=O)(=O)[C@H]12. The third kappa shape index (κ3) is 3.44. The Morgan fingerprint density at radius 3 is 2.50 bits per heavy atom. The predicted octanol–water partition coefficient (Wildman–Crippen LogP) is 1.73. The van der Waals surface area contributed by atoms with Gasteiger partial charge >= 0.3 is 5.97 Å². The molecule has 0 aliphatic carbocycles. The molecule has 1 amide bonds. The smallest absolute Gasteiger partial charge is 0.355 e. The van der Waals surface area contributed by atoms with E-state index < -0.39 is 43.4 Å². The van der Waals surface area contributed by atoms with Crippen molar-refractivity contribution in [3.8, 4) is 0 Å². The molecule has 2 aliphatic heterocycles. The van der Waals surface area contributed by atoms with E-state index in [1.54, 1.807) is 45.2 Å². The van der Waals surface area contributed by atoms with E-state index in [4.69, 9.17) is 9.47 Å². The molecule has 0 saturated carbocycles. The molecule has 0 aromatic carbocycles. The van der Waals surface area contributed by atoms with E-state index in [1.807, 2.05) is 0 Å². The largest absolute Gasteiger partial charge is 0.455 e. The number of rotatable bonds is 4. The highest BCUT2D eigenvalue weighted by atomic mass is 32.3. The lowest BCUT2D eigenvalue weighted by Crippen LogP contribution is -2.71. The van der Waals surface area contributed by atoms with Crippen LogP contribution in [0.4, 0.5) is 0 Å². The zero-order valence-corrected chi connectivity index (χ0v) is 17.8. The lowest BCUT2D eigenvalue weighted by molar-refractivity contribution is -0.167. The number of methoxy groups -OCH3 is 1.